The van der Waals surface area contributed by atoms with E-state index in [0.717, 1.165) is 6.42 Å². The third-order valence-electron chi connectivity index (χ3n) is 2.74. The summed E-state index contributed by atoms with van der Waals surface area (Å²) in [6, 6.07) is 0.162. The fourth-order valence-corrected chi connectivity index (χ4v) is 2.12. The Kier molecular flexibility index (Phi) is 6.00. The minimum absolute atomic E-state index is 0.0830. The van der Waals surface area contributed by atoms with E-state index >= 15 is 0 Å². The lowest BCUT2D eigenvalue weighted by molar-refractivity contribution is 0.0612. The number of amides is 1. The summed E-state index contributed by atoms with van der Waals surface area (Å²) >= 11 is 1.27. The number of aromatic nitrogens is 2. The van der Waals surface area contributed by atoms with Crippen LogP contribution < -0.4 is 5.32 Å². The molecule has 0 bridgehead atoms. The van der Waals surface area contributed by atoms with Crippen LogP contribution in [0.15, 0.2) is 0 Å². The number of hydrogen-bond acceptors (Lipinski definition) is 6. The molecule has 1 amide bonds. The maximum absolute atomic E-state index is 12.3. The summed E-state index contributed by atoms with van der Waals surface area (Å²) < 4.78 is 5.04. The van der Waals surface area contributed by atoms with Gasteiger partial charge in [-0.15, -0.1) is 10.2 Å². The Labute approximate surface area is 111 Å². The fraction of sp³-hybridized carbons (Fsp3) is 0.727. The van der Waals surface area contributed by atoms with E-state index in [1.807, 2.05) is 6.92 Å². The molecule has 1 heterocycles. The molecule has 6 nitrogen and oxygen atoms in total. The van der Waals surface area contributed by atoms with E-state index in [1.54, 1.807) is 19.1 Å². The molecule has 0 fully saturated rings. The first-order chi connectivity index (χ1) is 8.63. The van der Waals surface area contributed by atoms with E-state index in [2.05, 4.69) is 22.4 Å². The zero-order valence-corrected chi connectivity index (χ0v) is 12.1. The SMILES string of the molecule is CCC(C)N(CCOC)C(=O)c1nnc(NC)s1. The molecule has 1 aromatic rings. The normalized spacial score (nSPS) is 12.2. The molecular formula is C11H20N4O2S. The highest BCUT2D eigenvalue weighted by Gasteiger charge is 2.23. The summed E-state index contributed by atoms with van der Waals surface area (Å²) in [6.45, 7) is 5.16. The Morgan fingerprint density at radius 1 is 1.56 bits per heavy atom. The van der Waals surface area contributed by atoms with Gasteiger partial charge >= 0.3 is 0 Å². The quantitative estimate of drug-likeness (QED) is 0.814. The van der Waals surface area contributed by atoms with Gasteiger partial charge in [0.1, 0.15) is 0 Å². The first kappa shape index (κ1) is 14.8. The maximum Gasteiger partial charge on any atom is 0.285 e. The van der Waals surface area contributed by atoms with Crippen molar-refractivity contribution in [1.29, 1.82) is 0 Å². The van der Waals surface area contributed by atoms with Crippen molar-refractivity contribution in [3.63, 3.8) is 0 Å². The third-order valence-corrected chi connectivity index (χ3v) is 3.67. The number of carbonyl (C=O) groups excluding carboxylic acids is 1. The predicted octanol–water partition coefficient (Wildman–Crippen LogP) is 1.47. The molecule has 7 heteroatoms. The molecule has 0 saturated carbocycles. The monoisotopic (exact) mass is 272 g/mol. The molecule has 0 saturated heterocycles. The molecule has 1 atom stereocenters. The van der Waals surface area contributed by atoms with Crippen LogP contribution in [0, 0.1) is 0 Å². The lowest BCUT2D eigenvalue weighted by atomic mass is 10.2. The predicted molar refractivity (Wildman–Crippen MR) is 72.1 cm³/mol. The van der Waals surface area contributed by atoms with Gasteiger partial charge in [0.2, 0.25) is 10.1 Å². The topological polar surface area (TPSA) is 67.3 Å². The fourth-order valence-electron chi connectivity index (χ4n) is 1.47. The van der Waals surface area contributed by atoms with E-state index in [-0.39, 0.29) is 11.9 Å². The van der Waals surface area contributed by atoms with Crippen LogP contribution >= 0.6 is 11.3 Å². The van der Waals surface area contributed by atoms with Gasteiger partial charge in [-0.05, 0) is 13.3 Å². The molecule has 0 aliphatic rings. The second-order valence-corrected chi connectivity index (χ2v) is 4.89. The van der Waals surface area contributed by atoms with Gasteiger partial charge in [-0.1, -0.05) is 18.3 Å². The van der Waals surface area contributed by atoms with Crippen LogP contribution in [0.2, 0.25) is 0 Å². The van der Waals surface area contributed by atoms with Crippen molar-refractivity contribution in [2.75, 3.05) is 32.6 Å². The van der Waals surface area contributed by atoms with Crippen LogP contribution in [0.5, 0.6) is 0 Å². The van der Waals surface area contributed by atoms with Crippen molar-refractivity contribution in [3.05, 3.63) is 5.01 Å². The molecule has 102 valence electrons. The average Bonchev–Trinajstić information content (AvgIpc) is 2.87. The Balaban J connectivity index is 2.80. The molecular weight excluding hydrogens is 252 g/mol. The smallest absolute Gasteiger partial charge is 0.285 e. The van der Waals surface area contributed by atoms with E-state index < -0.39 is 0 Å². The van der Waals surface area contributed by atoms with Gasteiger partial charge in [0.05, 0.1) is 6.61 Å². The first-order valence-electron chi connectivity index (χ1n) is 5.95. The number of rotatable bonds is 7. The van der Waals surface area contributed by atoms with E-state index in [9.17, 15) is 4.79 Å². The van der Waals surface area contributed by atoms with E-state index in [0.29, 0.717) is 23.3 Å². The van der Waals surface area contributed by atoms with Crippen LogP contribution in [-0.4, -0.2) is 54.4 Å². The van der Waals surface area contributed by atoms with Crippen molar-refractivity contribution in [3.8, 4) is 0 Å². The first-order valence-corrected chi connectivity index (χ1v) is 6.76. The lowest BCUT2D eigenvalue weighted by Crippen LogP contribution is -2.40. The van der Waals surface area contributed by atoms with Crippen molar-refractivity contribution in [1.82, 2.24) is 15.1 Å². The Morgan fingerprint density at radius 3 is 2.78 bits per heavy atom. The van der Waals surface area contributed by atoms with Gasteiger partial charge < -0.3 is 15.0 Å². The molecule has 18 heavy (non-hydrogen) atoms. The van der Waals surface area contributed by atoms with Gasteiger partial charge in [-0.2, -0.15) is 0 Å². The van der Waals surface area contributed by atoms with Crippen LogP contribution in [0.25, 0.3) is 0 Å². The summed E-state index contributed by atoms with van der Waals surface area (Å²) in [6.07, 6.45) is 0.896. The maximum atomic E-state index is 12.3. The minimum Gasteiger partial charge on any atom is -0.383 e. The molecule has 1 N–H and O–H groups in total. The zero-order chi connectivity index (χ0) is 13.5. The summed E-state index contributed by atoms with van der Waals surface area (Å²) in [5.74, 6) is -0.0830. The largest absolute Gasteiger partial charge is 0.383 e. The summed E-state index contributed by atoms with van der Waals surface area (Å²) in [5, 5.41) is 11.7. The van der Waals surface area contributed by atoms with E-state index in [1.165, 1.54) is 11.3 Å². The second-order valence-electron chi connectivity index (χ2n) is 3.91. The number of nitrogens with one attached hydrogen (secondary N) is 1. The number of nitrogens with zero attached hydrogens (tertiary/aromatic N) is 3. The minimum atomic E-state index is -0.0830. The molecule has 0 aliphatic heterocycles. The van der Waals surface area contributed by atoms with Gasteiger partial charge in [-0.25, -0.2) is 0 Å². The summed E-state index contributed by atoms with van der Waals surface area (Å²) in [4.78, 5) is 14.1. The van der Waals surface area contributed by atoms with Gasteiger partial charge in [-0.3, -0.25) is 4.79 Å². The van der Waals surface area contributed by atoms with Gasteiger partial charge in [0.15, 0.2) is 0 Å². The Hall–Kier alpha value is -1.21. The van der Waals surface area contributed by atoms with Crippen molar-refractivity contribution in [2.24, 2.45) is 0 Å². The molecule has 1 unspecified atom stereocenters. The lowest BCUT2D eigenvalue weighted by Gasteiger charge is -2.27. The van der Waals surface area contributed by atoms with Crippen LogP contribution in [0.3, 0.4) is 0 Å². The van der Waals surface area contributed by atoms with Crippen molar-refractivity contribution in [2.45, 2.75) is 26.3 Å². The van der Waals surface area contributed by atoms with Crippen molar-refractivity contribution < 1.29 is 9.53 Å². The molecule has 1 rings (SSSR count). The number of ether oxygens (including phenoxy) is 1. The highest BCUT2D eigenvalue weighted by molar-refractivity contribution is 7.17. The molecule has 0 radical (unpaired) electrons. The van der Waals surface area contributed by atoms with Crippen LogP contribution in [0.1, 0.15) is 30.1 Å². The van der Waals surface area contributed by atoms with Crippen LogP contribution in [-0.2, 0) is 4.74 Å². The number of anilines is 1. The summed E-state index contributed by atoms with van der Waals surface area (Å²) in [5.41, 5.74) is 0. The molecule has 0 aromatic carbocycles. The number of hydrogen-bond donors (Lipinski definition) is 1. The van der Waals surface area contributed by atoms with Crippen molar-refractivity contribution >= 4 is 22.4 Å². The van der Waals surface area contributed by atoms with E-state index in [4.69, 9.17) is 4.74 Å². The molecule has 0 spiro atoms. The molecule has 0 aliphatic carbocycles. The van der Waals surface area contributed by atoms with Gasteiger partial charge in [0.25, 0.3) is 5.91 Å². The van der Waals surface area contributed by atoms with Gasteiger partial charge in [0, 0.05) is 26.7 Å². The Bertz CT molecular complexity index is 383. The highest BCUT2D eigenvalue weighted by Crippen LogP contribution is 2.18. The standard InChI is InChI=1S/C11H20N4O2S/c1-5-8(2)15(6-7-17-4)10(16)9-13-14-11(12-3)18-9/h8H,5-7H2,1-4H3,(H,12,14). The zero-order valence-electron chi connectivity index (χ0n) is 11.3. The second kappa shape index (κ2) is 7.27. The number of carbonyl (C=O) groups is 1. The highest BCUT2D eigenvalue weighted by atomic mass is 32.1. The summed E-state index contributed by atoms with van der Waals surface area (Å²) in [7, 11) is 3.38. The average molecular weight is 272 g/mol. The number of methoxy groups -OCH3 is 1. The third kappa shape index (κ3) is 3.64. The molecule has 1 aromatic heterocycles. The Morgan fingerprint density at radius 2 is 2.28 bits per heavy atom. The van der Waals surface area contributed by atoms with Crippen LogP contribution in [0.4, 0.5) is 5.13 Å².